The highest BCUT2D eigenvalue weighted by Gasteiger charge is 2.19. The second-order valence-corrected chi connectivity index (χ2v) is 6.05. The van der Waals surface area contributed by atoms with Gasteiger partial charge in [0.2, 0.25) is 5.88 Å². The summed E-state index contributed by atoms with van der Waals surface area (Å²) in [6.45, 7) is 5.24. The summed E-state index contributed by atoms with van der Waals surface area (Å²) < 4.78 is 15.2. The summed E-state index contributed by atoms with van der Waals surface area (Å²) in [6, 6.07) is 3.93. The van der Waals surface area contributed by atoms with Crippen molar-refractivity contribution in [3.8, 4) is 17.4 Å². The Labute approximate surface area is 144 Å². The largest absolute Gasteiger partial charge is 0.508 e. The Balaban J connectivity index is 2.15. The van der Waals surface area contributed by atoms with Crippen LogP contribution in [0.4, 0.5) is 0 Å². The van der Waals surface area contributed by atoms with Gasteiger partial charge in [0, 0.05) is 6.07 Å². The molecule has 0 fully saturated rings. The molecule has 0 radical (unpaired) electrons. The number of phenols is 1. The molecule has 0 spiro atoms. The summed E-state index contributed by atoms with van der Waals surface area (Å²) in [5.74, 6) is -1.14. The average Bonchev–Trinajstić information content (AvgIpc) is 2.52. The summed E-state index contributed by atoms with van der Waals surface area (Å²) in [7, 11) is 1.23. The smallest absolute Gasteiger partial charge is 0.359 e. The summed E-state index contributed by atoms with van der Waals surface area (Å²) in [6.07, 6.45) is 2.45. The van der Waals surface area contributed by atoms with Gasteiger partial charge in [-0.3, -0.25) is 0 Å². The van der Waals surface area contributed by atoms with Crippen LogP contribution in [0.2, 0.25) is 0 Å². The molecular formula is C17H18N2O6. The van der Waals surface area contributed by atoms with E-state index in [0.29, 0.717) is 0 Å². The Kier molecular flexibility index (Phi) is 5.21. The molecule has 1 aromatic carbocycles. The number of hydrogen-bond donors (Lipinski definition) is 1. The SMILES string of the molecule is COC(=O)c1cc(O)cc(Oc2cnc(C(=O)OC(C)(C)C)cn2)c1. The number of phenolic OH excluding ortho intramolecular Hbond substituents is 1. The molecule has 0 saturated heterocycles. The Bertz CT molecular complexity index is 781. The Morgan fingerprint density at radius 1 is 1.04 bits per heavy atom. The molecule has 2 aromatic rings. The number of carbonyl (C=O) groups is 2. The van der Waals surface area contributed by atoms with Crippen molar-refractivity contribution >= 4 is 11.9 Å². The van der Waals surface area contributed by atoms with E-state index in [1.165, 1.54) is 37.7 Å². The lowest BCUT2D eigenvalue weighted by Gasteiger charge is -2.18. The van der Waals surface area contributed by atoms with Gasteiger partial charge in [-0.2, -0.15) is 0 Å². The molecule has 1 heterocycles. The molecular weight excluding hydrogens is 328 g/mol. The standard InChI is InChI=1S/C17H18N2O6/c1-17(2,3)25-16(22)13-8-19-14(9-18-13)24-12-6-10(15(21)23-4)5-11(20)7-12/h5-9,20H,1-4H3. The number of nitrogens with zero attached hydrogens (tertiary/aromatic N) is 2. The van der Waals surface area contributed by atoms with E-state index in [0.717, 1.165) is 0 Å². The van der Waals surface area contributed by atoms with Crippen molar-refractivity contribution in [1.82, 2.24) is 9.97 Å². The molecule has 2 rings (SSSR count). The van der Waals surface area contributed by atoms with Gasteiger partial charge in [0.1, 0.15) is 17.1 Å². The number of ether oxygens (including phenoxy) is 3. The maximum atomic E-state index is 11.9. The van der Waals surface area contributed by atoms with Gasteiger partial charge in [0.05, 0.1) is 25.1 Å². The molecule has 0 amide bonds. The zero-order valence-corrected chi connectivity index (χ0v) is 14.3. The van der Waals surface area contributed by atoms with Gasteiger partial charge in [0.15, 0.2) is 5.69 Å². The molecule has 0 aliphatic carbocycles. The van der Waals surface area contributed by atoms with Crippen LogP contribution in [-0.2, 0) is 9.47 Å². The van der Waals surface area contributed by atoms with Crippen LogP contribution < -0.4 is 4.74 Å². The van der Waals surface area contributed by atoms with Crippen LogP contribution in [-0.4, -0.2) is 39.7 Å². The lowest BCUT2D eigenvalue weighted by atomic mass is 10.2. The van der Waals surface area contributed by atoms with Gasteiger partial charge in [-0.05, 0) is 32.9 Å². The summed E-state index contributed by atoms with van der Waals surface area (Å²) in [5, 5.41) is 9.66. The van der Waals surface area contributed by atoms with Crippen LogP contribution in [0, 0.1) is 0 Å². The minimum Gasteiger partial charge on any atom is -0.508 e. The molecule has 0 aliphatic rings. The van der Waals surface area contributed by atoms with Gasteiger partial charge in [-0.15, -0.1) is 0 Å². The van der Waals surface area contributed by atoms with Gasteiger partial charge in [-0.25, -0.2) is 19.6 Å². The van der Waals surface area contributed by atoms with Crippen LogP contribution in [0.25, 0.3) is 0 Å². The van der Waals surface area contributed by atoms with Gasteiger partial charge in [0.25, 0.3) is 0 Å². The van der Waals surface area contributed by atoms with Crippen molar-refractivity contribution in [2.24, 2.45) is 0 Å². The van der Waals surface area contributed by atoms with Crippen molar-refractivity contribution in [2.75, 3.05) is 7.11 Å². The quantitative estimate of drug-likeness (QED) is 0.842. The summed E-state index contributed by atoms with van der Waals surface area (Å²) >= 11 is 0. The Morgan fingerprint density at radius 3 is 2.32 bits per heavy atom. The second-order valence-electron chi connectivity index (χ2n) is 6.05. The van der Waals surface area contributed by atoms with E-state index >= 15 is 0 Å². The fraction of sp³-hybridized carbons (Fsp3) is 0.294. The van der Waals surface area contributed by atoms with Crippen LogP contribution >= 0.6 is 0 Å². The lowest BCUT2D eigenvalue weighted by Crippen LogP contribution is -2.24. The predicted octanol–water partition coefficient (Wildman–Crippen LogP) is 2.72. The highest BCUT2D eigenvalue weighted by molar-refractivity contribution is 5.90. The van der Waals surface area contributed by atoms with E-state index in [1.807, 2.05) is 0 Å². The summed E-state index contributed by atoms with van der Waals surface area (Å²) in [4.78, 5) is 31.3. The molecule has 8 heteroatoms. The Morgan fingerprint density at radius 2 is 1.76 bits per heavy atom. The topological polar surface area (TPSA) is 108 Å². The molecule has 132 valence electrons. The van der Waals surface area contributed by atoms with Gasteiger partial charge >= 0.3 is 11.9 Å². The number of rotatable bonds is 4. The van der Waals surface area contributed by atoms with E-state index < -0.39 is 17.5 Å². The average molecular weight is 346 g/mol. The van der Waals surface area contributed by atoms with Crippen LogP contribution in [0.5, 0.6) is 17.4 Å². The third kappa shape index (κ3) is 5.17. The highest BCUT2D eigenvalue weighted by Crippen LogP contribution is 2.26. The molecule has 1 N–H and O–H groups in total. The number of esters is 2. The summed E-state index contributed by atoms with van der Waals surface area (Å²) in [5.41, 5.74) is -0.482. The van der Waals surface area contributed by atoms with Crippen LogP contribution in [0.15, 0.2) is 30.6 Å². The fourth-order valence-electron chi connectivity index (χ4n) is 1.80. The Hall–Kier alpha value is -3.16. The number of hydrogen-bond acceptors (Lipinski definition) is 8. The number of benzene rings is 1. The molecule has 0 bridgehead atoms. The van der Waals surface area contributed by atoms with Crippen molar-refractivity contribution in [3.63, 3.8) is 0 Å². The molecule has 0 unspecified atom stereocenters. The first-order valence-corrected chi connectivity index (χ1v) is 7.33. The lowest BCUT2D eigenvalue weighted by molar-refractivity contribution is 0.00620. The van der Waals surface area contributed by atoms with Crippen LogP contribution in [0.1, 0.15) is 41.6 Å². The molecule has 8 nitrogen and oxygen atoms in total. The van der Waals surface area contributed by atoms with E-state index in [1.54, 1.807) is 20.8 Å². The minimum atomic E-state index is -0.639. The van der Waals surface area contributed by atoms with Gasteiger partial charge < -0.3 is 19.3 Å². The zero-order chi connectivity index (χ0) is 18.6. The molecule has 25 heavy (non-hydrogen) atoms. The third-order valence-corrected chi connectivity index (χ3v) is 2.77. The van der Waals surface area contributed by atoms with Gasteiger partial charge in [-0.1, -0.05) is 0 Å². The first-order valence-electron chi connectivity index (χ1n) is 7.33. The monoisotopic (exact) mass is 346 g/mol. The molecule has 1 aromatic heterocycles. The first kappa shape index (κ1) is 18.2. The van der Waals surface area contributed by atoms with Crippen molar-refractivity contribution in [1.29, 1.82) is 0 Å². The van der Waals surface area contributed by atoms with Crippen LogP contribution in [0.3, 0.4) is 0 Å². The fourth-order valence-corrected chi connectivity index (χ4v) is 1.80. The first-order chi connectivity index (χ1) is 11.7. The molecule has 0 aliphatic heterocycles. The predicted molar refractivity (Wildman–Crippen MR) is 86.7 cm³/mol. The molecule has 0 atom stereocenters. The van der Waals surface area contributed by atoms with Crippen molar-refractivity contribution in [3.05, 3.63) is 41.9 Å². The van der Waals surface area contributed by atoms with E-state index in [9.17, 15) is 14.7 Å². The van der Waals surface area contributed by atoms with E-state index in [-0.39, 0.29) is 28.6 Å². The molecule has 0 saturated carbocycles. The number of aromatic nitrogens is 2. The number of carbonyl (C=O) groups excluding carboxylic acids is 2. The van der Waals surface area contributed by atoms with Crippen molar-refractivity contribution < 1.29 is 28.9 Å². The number of methoxy groups -OCH3 is 1. The maximum absolute atomic E-state index is 11.9. The number of aromatic hydroxyl groups is 1. The van der Waals surface area contributed by atoms with E-state index in [4.69, 9.17) is 9.47 Å². The van der Waals surface area contributed by atoms with Crippen molar-refractivity contribution in [2.45, 2.75) is 26.4 Å². The normalized spacial score (nSPS) is 10.9. The second kappa shape index (κ2) is 7.16. The maximum Gasteiger partial charge on any atom is 0.359 e. The highest BCUT2D eigenvalue weighted by atomic mass is 16.6. The minimum absolute atomic E-state index is 0.0356. The zero-order valence-electron chi connectivity index (χ0n) is 14.3. The third-order valence-electron chi connectivity index (χ3n) is 2.77. The van der Waals surface area contributed by atoms with E-state index in [2.05, 4.69) is 14.7 Å².